The Morgan fingerprint density at radius 3 is 2.49 bits per heavy atom. The molecule has 45 heavy (non-hydrogen) atoms. The fraction of sp³-hybridized carbons (Fsp3) is 0.281. The molecule has 2 aliphatic rings. The molecule has 4 aromatic rings. The van der Waals surface area contributed by atoms with Crippen molar-refractivity contribution in [1.29, 1.82) is 0 Å². The summed E-state index contributed by atoms with van der Waals surface area (Å²) in [5.41, 5.74) is 4.98. The van der Waals surface area contributed by atoms with E-state index >= 15 is 0 Å². The first kappa shape index (κ1) is 30.4. The summed E-state index contributed by atoms with van der Waals surface area (Å²) < 4.78 is 42.7. The highest BCUT2D eigenvalue weighted by Crippen LogP contribution is 2.53. The van der Waals surface area contributed by atoms with Crippen molar-refractivity contribution in [2.45, 2.75) is 51.3 Å². The second-order valence-corrected chi connectivity index (χ2v) is 12.2. The van der Waals surface area contributed by atoms with Crippen molar-refractivity contribution in [3.05, 3.63) is 95.6 Å². The van der Waals surface area contributed by atoms with E-state index in [-0.39, 0.29) is 35.2 Å². The number of amides is 3. The lowest BCUT2D eigenvalue weighted by Crippen LogP contribution is -2.31. The number of aliphatic imine (C=N–C) groups is 1. The lowest BCUT2D eigenvalue weighted by atomic mass is 9.99. The maximum absolute atomic E-state index is 12.9. The molecule has 13 heteroatoms. The number of nitrogens with one attached hydrogen (secondary N) is 1. The smallest absolute Gasteiger partial charge is 0.406 e. The number of anilines is 2. The Hall–Kier alpha value is -4.65. The van der Waals surface area contributed by atoms with Gasteiger partial charge in [-0.2, -0.15) is 10.1 Å². The summed E-state index contributed by atoms with van der Waals surface area (Å²) in [7, 11) is 0. The summed E-state index contributed by atoms with van der Waals surface area (Å²) in [5.74, 6) is 0.927. The number of nitrogens with zero attached hydrogens (tertiary/aromatic N) is 5. The molecule has 1 aliphatic heterocycles. The molecule has 1 aliphatic carbocycles. The van der Waals surface area contributed by atoms with Crippen LogP contribution in [-0.4, -0.2) is 44.0 Å². The number of urea groups is 1. The number of ether oxygens (including phenoxy) is 1. The van der Waals surface area contributed by atoms with Crippen LogP contribution >= 0.6 is 11.8 Å². The number of aromatic nitrogens is 3. The maximum Gasteiger partial charge on any atom is 0.573 e. The fourth-order valence-corrected chi connectivity index (χ4v) is 6.15. The topological polar surface area (TPSA) is 102 Å². The van der Waals surface area contributed by atoms with Crippen molar-refractivity contribution < 1.29 is 27.5 Å². The molecule has 9 nitrogen and oxygen atoms in total. The van der Waals surface area contributed by atoms with Crippen molar-refractivity contribution in [3.8, 4) is 11.4 Å². The molecular formula is C32H29F3N6O3S. The number of alkyl halides is 3. The predicted molar refractivity (Wildman–Crippen MR) is 166 cm³/mol. The molecule has 0 radical (unpaired) electrons. The maximum atomic E-state index is 12.9. The Balaban J connectivity index is 1.08. The van der Waals surface area contributed by atoms with Gasteiger partial charge in [-0.3, -0.25) is 9.69 Å². The van der Waals surface area contributed by atoms with Gasteiger partial charge in [0, 0.05) is 11.6 Å². The van der Waals surface area contributed by atoms with Crippen molar-refractivity contribution in [3.63, 3.8) is 0 Å². The number of amidine groups is 1. The van der Waals surface area contributed by atoms with Gasteiger partial charge in [-0.05, 0) is 84.3 Å². The van der Waals surface area contributed by atoms with Crippen molar-refractivity contribution >= 4 is 40.2 Å². The summed E-state index contributed by atoms with van der Waals surface area (Å²) in [6.07, 6.45) is -2.37. The molecule has 0 bridgehead atoms. The Kier molecular flexibility index (Phi) is 8.12. The molecule has 1 N–H and O–H groups in total. The van der Waals surface area contributed by atoms with E-state index in [4.69, 9.17) is 0 Å². The molecule has 3 amide bonds. The third-order valence-corrected chi connectivity index (χ3v) is 8.49. The first-order valence-electron chi connectivity index (χ1n) is 14.3. The van der Waals surface area contributed by atoms with Crippen molar-refractivity contribution in [2.24, 2.45) is 4.99 Å². The van der Waals surface area contributed by atoms with Crippen LogP contribution in [0.3, 0.4) is 0 Å². The van der Waals surface area contributed by atoms with E-state index in [9.17, 15) is 22.8 Å². The van der Waals surface area contributed by atoms with Crippen LogP contribution in [0.25, 0.3) is 5.69 Å². The summed E-state index contributed by atoms with van der Waals surface area (Å²) in [6.45, 7) is 6.08. The fourth-order valence-electron chi connectivity index (χ4n) is 5.29. The Morgan fingerprint density at radius 2 is 1.80 bits per heavy atom. The van der Waals surface area contributed by atoms with Crippen LogP contribution in [0.5, 0.6) is 5.75 Å². The third-order valence-electron chi connectivity index (χ3n) is 7.57. The van der Waals surface area contributed by atoms with E-state index in [2.05, 4.69) is 39.0 Å². The van der Waals surface area contributed by atoms with E-state index < -0.39 is 12.4 Å². The first-order chi connectivity index (χ1) is 21.4. The molecule has 232 valence electrons. The predicted octanol–water partition coefficient (Wildman–Crippen LogP) is 7.54. The average Bonchev–Trinajstić information content (AvgIpc) is 3.47. The summed E-state index contributed by atoms with van der Waals surface area (Å²) in [4.78, 5) is 35.9. The van der Waals surface area contributed by atoms with Gasteiger partial charge in [-0.1, -0.05) is 49.9 Å². The molecule has 1 saturated carbocycles. The molecule has 0 spiro atoms. The van der Waals surface area contributed by atoms with Crippen LogP contribution in [0.1, 0.15) is 60.5 Å². The van der Waals surface area contributed by atoms with Gasteiger partial charge in [0.2, 0.25) is 5.91 Å². The second kappa shape index (κ2) is 12.0. The third kappa shape index (κ3) is 6.88. The zero-order valence-electron chi connectivity index (χ0n) is 24.6. The monoisotopic (exact) mass is 634 g/mol. The van der Waals surface area contributed by atoms with Crippen LogP contribution in [0.2, 0.25) is 0 Å². The van der Waals surface area contributed by atoms with E-state index in [0.29, 0.717) is 22.4 Å². The summed E-state index contributed by atoms with van der Waals surface area (Å²) in [5, 5.41) is 7.66. The van der Waals surface area contributed by atoms with Gasteiger partial charge in [0.1, 0.15) is 12.1 Å². The van der Waals surface area contributed by atoms with Crippen LogP contribution < -0.4 is 15.0 Å². The molecule has 2 atom stereocenters. The molecule has 1 saturated heterocycles. The number of hydrogen-bond acceptors (Lipinski definition) is 6. The number of benzene rings is 3. The van der Waals surface area contributed by atoms with Gasteiger partial charge < -0.3 is 10.1 Å². The number of thioether (sulfide) groups is 1. The molecule has 6 rings (SSSR count). The number of rotatable bonds is 7. The quantitative estimate of drug-likeness (QED) is 0.226. The molecule has 3 aromatic carbocycles. The minimum absolute atomic E-state index is 0.103. The zero-order valence-corrected chi connectivity index (χ0v) is 25.4. The summed E-state index contributed by atoms with van der Waals surface area (Å²) in [6, 6.07) is 18.3. The number of carbonyl (C=O) groups is 2. The summed E-state index contributed by atoms with van der Waals surface area (Å²) >= 11 is 1.24. The van der Waals surface area contributed by atoms with Gasteiger partial charge in [-0.25, -0.2) is 14.5 Å². The molecular weight excluding hydrogens is 605 g/mol. The Bertz CT molecular complexity index is 1770. The average molecular weight is 635 g/mol. The highest BCUT2D eigenvalue weighted by Gasteiger charge is 2.42. The minimum atomic E-state index is -4.75. The van der Waals surface area contributed by atoms with Gasteiger partial charge in [-0.15, -0.1) is 13.2 Å². The first-order valence-corrected chi connectivity index (χ1v) is 15.3. The van der Waals surface area contributed by atoms with Gasteiger partial charge >= 0.3 is 12.4 Å². The SMILES string of the molecule is Cc1ccc(C(C)C)c(N2C(=O)CS/C2=N\C(=O)Nc2ccc([C@@H]3CC3c3ncn(-c4ccc(OC(F)(F)F)cc4)n3)cc2)c1. The van der Waals surface area contributed by atoms with Crippen LogP contribution in [-0.2, 0) is 4.79 Å². The minimum Gasteiger partial charge on any atom is -0.406 e. The normalized spacial score (nSPS) is 19.0. The lowest BCUT2D eigenvalue weighted by Gasteiger charge is -2.22. The number of carbonyl (C=O) groups excluding carboxylic acids is 2. The second-order valence-electron chi connectivity index (χ2n) is 11.2. The number of halogens is 3. The van der Waals surface area contributed by atoms with E-state index in [1.54, 1.807) is 0 Å². The number of hydrogen-bond donors (Lipinski definition) is 1. The Labute approximate surface area is 261 Å². The van der Waals surface area contributed by atoms with E-state index in [1.807, 2.05) is 49.4 Å². The zero-order chi connectivity index (χ0) is 31.9. The van der Waals surface area contributed by atoms with Gasteiger partial charge in [0.25, 0.3) is 0 Å². The highest BCUT2D eigenvalue weighted by molar-refractivity contribution is 8.15. The lowest BCUT2D eigenvalue weighted by molar-refractivity contribution is -0.274. The van der Waals surface area contributed by atoms with E-state index in [0.717, 1.165) is 28.8 Å². The largest absolute Gasteiger partial charge is 0.573 e. The molecule has 1 unspecified atom stereocenters. The van der Waals surface area contributed by atoms with Crippen molar-refractivity contribution in [1.82, 2.24) is 14.8 Å². The van der Waals surface area contributed by atoms with Gasteiger partial charge in [0.15, 0.2) is 11.0 Å². The van der Waals surface area contributed by atoms with Crippen LogP contribution in [0.4, 0.5) is 29.3 Å². The highest BCUT2D eigenvalue weighted by atomic mass is 32.2. The Morgan fingerprint density at radius 1 is 1.07 bits per heavy atom. The van der Waals surface area contributed by atoms with E-state index in [1.165, 1.54) is 51.9 Å². The van der Waals surface area contributed by atoms with Crippen molar-refractivity contribution in [2.75, 3.05) is 16.0 Å². The molecule has 2 fully saturated rings. The standard InChI is InChI=1S/C32H29F3N6O3S/c1-18(2)24-13-4-19(3)14-27(24)41-28(42)16-45-31(41)38-30(43)37-21-7-5-20(6-8-21)25-15-26(25)29-36-17-40(39-29)22-9-11-23(12-10-22)44-32(33,34)35/h4-14,17-18,25-26H,15-16H2,1-3H3,(H,37,43)/b38-31-/t25-,26?/m0/s1. The molecule has 1 aromatic heterocycles. The molecule has 2 heterocycles. The van der Waals surface area contributed by atoms with Crippen LogP contribution in [0, 0.1) is 6.92 Å². The van der Waals surface area contributed by atoms with Crippen LogP contribution in [0.15, 0.2) is 78.0 Å². The van der Waals surface area contributed by atoms with Gasteiger partial charge in [0.05, 0.1) is 17.1 Å². The number of aryl methyl sites for hydroxylation is 1.